The van der Waals surface area contributed by atoms with E-state index in [0.29, 0.717) is 29.7 Å². The van der Waals surface area contributed by atoms with Crippen LogP contribution in [0.2, 0.25) is 0 Å². The van der Waals surface area contributed by atoms with Gasteiger partial charge in [0, 0.05) is 24.5 Å². The lowest BCUT2D eigenvalue weighted by molar-refractivity contribution is -0.116. The molecule has 24 heavy (non-hydrogen) atoms. The average Bonchev–Trinajstić information content (AvgIpc) is 3.22. The third-order valence-corrected chi connectivity index (χ3v) is 3.28. The first kappa shape index (κ1) is 15.7. The molecule has 0 atom stereocenters. The lowest BCUT2D eigenvalue weighted by atomic mass is 10.2. The second-order valence-corrected chi connectivity index (χ2v) is 5.11. The first-order valence-electron chi connectivity index (χ1n) is 7.34. The minimum atomic E-state index is -0.201. The van der Waals surface area contributed by atoms with Crippen molar-refractivity contribution in [3.8, 4) is 17.1 Å². The Hall–Kier alpha value is -3.16. The third-order valence-electron chi connectivity index (χ3n) is 3.28. The third kappa shape index (κ3) is 3.78. The van der Waals surface area contributed by atoms with Gasteiger partial charge in [-0.3, -0.25) is 4.79 Å². The zero-order valence-electron chi connectivity index (χ0n) is 13.3. The number of amides is 1. The van der Waals surface area contributed by atoms with Crippen molar-refractivity contribution in [3.63, 3.8) is 0 Å². The molecular weight excluding hydrogens is 312 g/mol. The van der Waals surface area contributed by atoms with Crippen molar-refractivity contribution in [2.75, 3.05) is 12.4 Å². The molecule has 124 valence electrons. The zero-order chi connectivity index (χ0) is 16.9. The second kappa shape index (κ2) is 6.95. The Kier molecular flexibility index (Phi) is 4.55. The van der Waals surface area contributed by atoms with Crippen LogP contribution < -0.4 is 10.1 Å². The van der Waals surface area contributed by atoms with E-state index in [9.17, 15) is 4.79 Å². The van der Waals surface area contributed by atoms with Crippen LogP contribution in [0.15, 0.2) is 39.4 Å². The van der Waals surface area contributed by atoms with E-state index in [1.54, 1.807) is 20.1 Å². The largest absolute Gasteiger partial charge is 0.497 e. The van der Waals surface area contributed by atoms with Crippen molar-refractivity contribution in [1.29, 1.82) is 0 Å². The number of carbonyl (C=O) groups is 1. The Morgan fingerprint density at radius 2 is 2.00 bits per heavy atom. The van der Waals surface area contributed by atoms with Gasteiger partial charge in [-0.2, -0.15) is 4.98 Å². The lowest BCUT2D eigenvalue weighted by Gasteiger charge is -1.99. The van der Waals surface area contributed by atoms with E-state index in [-0.39, 0.29) is 12.3 Å². The molecular formula is C16H16N4O4. The van der Waals surface area contributed by atoms with Crippen LogP contribution >= 0.6 is 0 Å². The number of aryl methyl sites for hydroxylation is 2. The first-order chi connectivity index (χ1) is 11.6. The van der Waals surface area contributed by atoms with Gasteiger partial charge in [-0.25, -0.2) is 0 Å². The van der Waals surface area contributed by atoms with Gasteiger partial charge in [-0.15, -0.1) is 0 Å². The molecule has 3 rings (SSSR count). The molecule has 0 saturated heterocycles. The molecule has 0 aliphatic carbocycles. The summed E-state index contributed by atoms with van der Waals surface area (Å²) in [6.07, 6.45) is 0.544. The highest BCUT2D eigenvalue weighted by atomic mass is 16.5. The summed E-state index contributed by atoms with van der Waals surface area (Å²) in [5, 5.41) is 10.3. The van der Waals surface area contributed by atoms with Crippen LogP contribution in [0.5, 0.6) is 5.75 Å². The van der Waals surface area contributed by atoms with E-state index in [1.165, 1.54) is 0 Å². The van der Waals surface area contributed by atoms with Crippen LogP contribution in [0.3, 0.4) is 0 Å². The first-order valence-corrected chi connectivity index (χ1v) is 7.34. The Labute approximate surface area is 137 Å². The number of rotatable bonds is 6. The maximum absolute atomic E-state index is 11.8. The Bertz CT molecular complexity index is 823. The van der Waals surface area contributed by atoms with E-state index in [4.69, 9.17) is 13.8 Å². The van der Waals surface area contributed by atoms with Crippen LogP contribution in [0, 0.1) is 6.92 Å². The van der Waals surface area contributed by atoms with E-state index in [0.717, 1.165) is 11.3 Å². The summed E-state index contributed by atoms with van der Waals surface area (Å²) >= 11 is 0. The van der Waals surface area contributed by atoms with Crippen molar-refractivity contribution < 1.29 is 18.6 Å². The molecule has 2 aromatic heterocycles. The van der Waals surface area contributed by atoms with Crippen molar-refractivity contribution in [3.05, 3.63) is 42.0 Å². The molecule has 0 saturated carbocycles. The smallest absolute Gasteiger partial charge is 0.227 e. The number of aromatic nitrogens is 3. The maximum atomic E-state index is 11.8. The molecule has 0 unspecified atom stereocenters. The highest BCUT2D eigenvalue weighted by molar-refractivity contribution is 5.89. The molecule has 8 heteroatoms. The van der Waals surface area contributed by atoms with Crippen LogP contribution in [0.1, 0.15) is 18.1 Å². The number of nitrogens with one attached hydrogen (secondary N) is 1. The van der Waals surface area contributed by atoms with Crippen LogP contribution in [-0.2, 0) is 11.2 Å². The molecule has 3 aromatic rings. The summed E-state index contributed by atoms with van der Waals surface area (Å²) in [6.45, 7) is 1.75. The number of ether oxygens (including phenoxy) is 1. The predicted octanol–water partition coefficient (Wildman–Crippen LogP) is 2.61. The number of carbonyl (C=O) groups excluding carboxylic acids is 1. The number of methoxy groups -OCH3 is 1. The van der Waals surface area contributed by atoms with Crippen LogP contribution in [-0.4, -0.2) is 28.3 Å². The van der Waals surface area contributed by atoms with Crippen LogP contribution in [0.25, 0.3) is 11.4 Å². The Morgan fingerprint density at radius 1 is 1.21 bits per heavy atom. The van der Waals surface area contributed by atoms with Crippen molar-refractivity contribution in [1.82, 2.24) is 15.3 Å². The van der Waals surface area contributed by atoms with Crippen LogP contribution in [0.4, 0.5) is 5.82 Å². The van der Waals surface area contributed by atoms with E-state index < -0.39 is 0 Å². The molecule has 8 nitrogen and oxygen atoms in total. The van der Waals surface area contributed by atoms with Gasteiger partial charge < -0.3 is 19.1 Å². The maximum Gasteiger partial charge on any atom is 0.227 e. The molecule has 2 heterocycles. The molecule has 1 N–H and O–H groups in total. The Balaban J connectivity index is 1.56. The number of nitrogens with zero attached hydrogens (tertiary/aromatic N) is 3. The Morgan fingerprint density at radius 3 is 2.67 bits per heavy atom. The molecule has 0 aliphatic heterocycles. The topological polar surface area (TPSA) is 103 Å². The van der Waals surface area contributed by atoms with Gasteiger partial charge >= 0.3 is 0 Å². The zero-order valence-corrected chi connectivity index (χ0v) is 13.3. The molecule has 0 aliphatic rings. The van der Waals surface area contributed by atoms with E-state index in [1.807, 2.05) is 24.3 Å². The average molecular weight is 328 g/mol. The van der Waals surface area contributed by atoms with Gasteiger partial charge in [0.2, 0.25) is 17.6 Å². The molecule has 0 radical (unpaired) electrons. The van der Waals surface area contributed by atoms with Crippen molar-refractivity contribution >= 4 is 11.7 Å². The lowest BCUT2D eigenvalue weighted by Crippen LogP contribution is -2.12. The highest BCUT2D eigenvalue weighted by Gasteiger charge is 2.12. The van der Waals surface area contributed by atoms with E-state index >= 15 is 0 Å². The summed E-state index contributed by atoms with van der Waals surface area (Å²) < 4.78 is 15.2. The number of hydrogen-bond donors (Lipinski definition) is 1. The second-order valence-electron chi connectivity index (χ2n) is 5.11. The summed E-state index contributed by atoms with van der Waals surface area (Å²) in [6, 6.07) is 8.96. The SMILES string of the molecule is COc1ccc(-c2noc(CCC(=O)Nc3cc(C)on3)n2)cc1. The number of hydrogen-bond acceptors (Lipinski definition) is 7. The predicted molar refractivity (Wildman–Crippen MR) is 84.5 cm³/mol. The highest BCUT2D eigenvalue weighted by Crippen LogP contribution is 2.20. The van der Waals surface area contributed by atoms with Gasteiger partial charge in [0.1, 0.15) is 11.5 Å². The number of anilines is 1. The normalized spacial score (nSPS) is 10.6. The molecule has 0 fully saturated rings. The molecule has 1 amide bonds. The molecule has 1 aromatic carbocycles. The fourth-order valence-corrected chi connectivity index (χ4v) is 2.06. The number of benzene rings is 1. The molecule has 0 spiro atoms. The summed E-state index contributed by atoms with van der Waals surface area (Å²) in [4.78, 5) is 16.1. The van der Waals surface area contributed by atoms with Gasteiger partial charge in [0.05, 0.1) is 7.11 Å². The van der Waals surface area contributed by atoms with Gasteiger partial charge in [0.25, 0.3) is 0 Å². The van der Waals surface area contributed by atoms with Crippen molar-refractivity contribution in [2.45, 2.75) is 19.8 Å². The minimum Gasteiger partial charge on any atom is -0.497 e. The van der Waals surface area contributed by atoms with Gasteiger partial charge in [-0.05, 0) is 31.2 Å². The molecule has 0 bridgehead atoms. The van der Waals surface area contributed by atoms with E-state index in [2.05, 4.69) is 20.6 Å². The fraction of sp³-hybridized carbons (Fsp3) is 0.250. The monoisotopic (exact) mass is 328 g/mol. The van der Waals surface area contributed by atoms with Gasteiger partial charge in [0.15, 0.2) is 5.82 Å². The van der Waals surface area contributed by atoms with Crippen molar-refractivity contribution in [2.24, 2.45) is 0 Å². The minimum absolute atomic E-state index is 0.201. The quantitative estimate of drug-likeness (QED) is 0.741. The standard InChI is InChI=1S/C16H16N4O4/c1-10-9-13(19-23-10)17-14(21)7-8-15-18-16(20-24-15)11-3-5-12(22-2)6-4-11/h3-6,9H,7-8H2,1-2H3,(H,17,19,21). The fourth-order valence-electron chi connectivity index (χ4n) is 2.06. The van der Waals surface area contributed by atoms with Gasteiger partial charge in [-0.1, -0.05) is 10.3 Å². The summed E-state index contributed by atoms with van der Waals surface area (Å²) in [5.74, 6) is 2.44. The summed E-state index contributed by atoms with van der Waals surface area (Å²) in [7, 11) is 1.60. The summed E-state index contributed by atoms with van der Waals surface area (Å²) in [5.41, 5.74) is 0.813.